The fraction of sp³-hybridized carbons (Fsp3) is 0.103. The van der Waals surface area contributed by atoms with Crippen molar-refractivity contribution < 1.29 is 19.7 Å². The molecule has 13 aromatic carbocycles. The van der Waals surface area contributed by atoms with Gasteiger partial charge in [0.25, 0.3) is 0 Å². The molecule has 0 aromatic heterocycles. The molecule has 0 aliphatic rings. The molecule has 0 unspecified atom stereocenters. The van der Waals surface area contributed by atoms with Crippen molar-refractivity contribution in [3.05, 3.63) is 289 Å². The lowest BCUT2D eigenvalue weighted by Gasteiger charge is -2.35. The molecule has 0 heterocycles. The molecule has 0 radical (unpaired) electrons. The van der Waals surface area contributed by atoms with Gasteiger partial charge in [0, 0.05) is 27.7 Å². The minimum Gasteiger partial charge on any atom is -0.490 e. The van der Waals surface area contributed by atoms with Gasteiger partial charge in [0.15, 0.2) is 0 Å². The molecule has 4 heteroatoms. The van der Waals surface area contributed by atoms with Crippen molar-refractivity contribution in [3.63, 3.8) is 0 Å². The minimum absolute atomic E-state index is 0.0999. The maximum atomic E-state index is 10.7. The zero-order chi connectivity index (χ0) is 55.7. The Morgan fingerprint density at radius 2 is 0.549 bits per heavy atom. The summed E-state index contributed by atoms with van der Waals surface area (Å²) in [5.74, 6) is 1.40. The fourth-order valence-electron chi connectivity index (χ4n) is 12.7. The molecule has 13 aromatic rings. The highest BCUT2D eigenvalue weighted by Gasteiger charge is 2.36. The first kappa shape index (κ1) is 51.8. The van der Waals surface area contributed by atoms with E-state index in [1.165, 1.54) is 11.1 Å². The SMILES string of the molecule is Cc1ccc(-c2cc(C(C)(c3ccccc3)c3cc(-c4ccc(C)c5ccccc45)c(OCCO)c(-c4ccc(-c5ccccc5)c5ccccc45)c3)cc(-c3ccc(-c4ccccc4)c4ccccc34)c2OCCO)c2ccccc12. The van der Waals surface area contributed by atoms with E-state index in [0.717, 1.165) is 127 Å². The Morgan fingerprint density at radius 3 is 0.890 bits per heavy atom. The molecule has 0 fully saturated rings. The third-order valence-electron chi connectivity index (χ3n) is 16.8. The Balaban J connectivity index is 1.18. The van der Waals surface area contributed by atoms with E-state index in [1.54, 1.807) is 0 Å². The van der Waals surface area contributed by atoms with Crippen LogP contribution >= 0.6 is 0 Å². The molecular weight excluding hydrogens is 1000 g/mol. The summed E-state index contributed by atoms with van der Waals surface area (Å²) in [6.07, 6.45) is 0. The summed E-state index contributed by atoms with van der Waals surface area (Å²) in [4.78, 5) is 0. The van der Waals surface area contributed by atoms with Crippen LogP contribution in [0.15, 0.2) is 261 Å². The average molecular weight is 1060 g/mol. The normalized spacial score (nSPS) is 11.7. The summed E-state index contributed by atoms with van der Waals surface area (Å²) in [5, 5.41) is 30.3. The van der Waals surface area contributed by atoms with Crippen molar-refractivity contribution >= 4 is 43.1 Å². The molecule has 0 saturated carbocycles. The van der Waals surface area contributed by atoms with E-state index in [4.69, 9.17) is 9.47 Å². The van der Waals surface area contributed by atoms with Crippen molar-refractivity contribution in [2.24, 2.45) is 0 Å². The topological polar surface area (TPSA) is 58.9 Å². The highest BCUT2D eigenvalue weighted by atomic mass is 16.5. The molecule has 4 nitrogen and oxygen atoms in total. The third kappa shape index (κ3) is 9.17. The van der Waals surface area contributed by atoms with Crippen LogP contribution in [0.2, 0.25) is 0 Å². The number of hydrogen-bond donors (Lipinski definition) is 2. The quantitative estimate of drug-likeness (QED) is 0.100. The minimum atomic E-state index is -0.875. The van der Waals surface area contributed by atoms with Gasteiger partial charge in [-0.1, -0.05) is 237 Å². The van der Waals surface area contributed by atoms with Crippen molar-refractivity contribution in [3.8, 4) is 78.3 Å². The second-order valence-corrected chi connectivity index (χ2v) is 21.5. The van der Waals surface area contributed by atoms with Gasteiger partial charge in [-0.3, -0.25) is 0 Å². The fourth-order valence-corrected chi connectivity index (χ4v) is 12.7. The third-order valence-corrected chi connectivity index (χ3v) is 16.8. The molecule has 0 amide bonds. The summed E-state index contributed by atoms with van der Waals surface area (Å²) >= 11 is 0. The summed E-state index contributed by atoms with van der Waals surface area (Å²) < 4.78 is 14.0. The first-order chi connectivity index (χ1) is 40.3. The molecular formula is C78H62O4. The predicted molar refractivity (Wildman–Crippen MR) is 342 cm³/mol. The number of hydrogen-bond acceptors (Lipinski definition) is 4. The molecule has 0 aliphatic carbocycles. The lowest BCUT2D eigenvalue weighted by Crippen LogP contribution is -2.26. The van der Waals surface area contributed by atoms with Gasteiger partial charge in [0.05, 0.1) is 13.2 Å². The average Bonchev–Trinajstić information content (AvgIpc) is 2.99. The molecule has 82 heavy (non-hydrogen) atoms. The Kier molecular flexibility index (Phi) is 14.0. The van der Waals surface area contributed by atoms with Gasteiger partial charge in [0.2, 0.25) is 0 Å². The molecule has 0 bridgehead atoms. The number of aliphatic hydroxyl groups is 2. The van der Waals surface area contributed by atoms with Crippen LogP contribution in [-0.2, 0) is 5.41 Å². The zero-order valence-corrected chi connectivity index (χ0v) is 46.4. The first-order valence-corrected chi connectivity index (χ1v) is 28.4. The lowest BCUT2D eigenvalue weighted by molar-refractivity contribution is 0.202. The Morgan fingerprint density at radius 1 is 0.280 bits per heavy atom. The highest BCUT2D eigenvalue weighted by molar-refractivity contribution is 6.10. The van der Waals surface area contributed by atoms with Crippen LogP contribution in [0.5, 0.6) is 11.5 Å². The van der Waals surface area contributed by atoms with Crippen LogP contribution in [0, 0.1) is 13.8 Å². The predicted octanol–water partition coefficient (Wildman–Crippen LogP) is 19.0. The van der Waals surface area contributed by atoms with Gasteiger partial charge in [-0.05, 0) is 160 Å². The zero-order valence-electron chi connectivity index (χ0n) is 46.4. The standard InChI is InChI=1S/C78H62O4/c1-51-35-37-68(62-29-15-13-27-58(51)62)72-47-56(49-74(76(72)81-45-43-79)70-41-39-60(53-21-7-4-8-22-53)64-31-17-19-33-66(64)70)78(3,55-25-11-6-12-26-55)57-48-73(69-38-36-52(2)59-28-14-16-30-63(59)69)77(82-46-44-80)75(50-57)71-42-40-61(54-23-9-5-10-24-54)65-32-18-20-34-67(65)71/h4-42,47-50,79-80H,43-46H2,1-3H3. The molecule has 0 aliphatic heterocycles. The van der Waals surface area contributed by atoms with Crippen LogP contribution < -0.4 is 9.47 Å². The summed E-state index contributed by atoms with van der Waals surface area (Å²) in [7, 11) is 0. The van der Waals surface area contributed by atoms with E-state index in [1.807, 2.05) is 0 Å². The van der Waals surface area contributed by atoms with E-state index in [-0.39, 0.29) is 26.4 Å². The number of aryl methyl sites for hydroxylation is 2. The highest BCUT2D eigenvalue weighted by Crippen LogP contribution is 2.53. The number of ether oxygens (including phenoxy) is 2. The van der Waals surface area contributed by atoms with Gasteiger partial charge in [-0.2, -0.15) is 0 Å². The van der Waals surface area contributed by atoms with Gasteiger partial charge in [0.1, 0.15) is 24.7 Å². The van der Waals surface area contributed by atoms with Crippen molar-refractivity contribution in [1.29, 1.82) is 0 Å². The molecule has 398 valence electrons. The van der Waals surface area contributed by atoms with E-state index < -0.39 is 5.41 Å². The summed E-state index contributed by atoms with van der Waals surface area (Å²) in [6.45, 7) is 6.59. The van der Waals surface area contributed by atoms with Crippen LogP contribution in [-0.4, -0.2) is 36.6 Å². The van der Waals surface area contributed by atoms with Crippen molar-refractivity contribution in [2.75, 3.05) is 26.4 Å². The Hall–Kier alpha value is -9.58. The van der Waals surface area contributed by atoms with Gasteiger partial charge < -0.3 is 19.7 Å². The van der Waals surface area contributed by atoms with E-state index in [2.05, 4.69) is 282 Å². The molecule has 0 spiro atoms. The molecule has 0 atom stereocenters. The number of fused-ring (bicyclic) bond motifs is 4. The van der Waals surface area contributed by atoms with E-state index in [9.17, 15) is 10.2 Å². The smallest absolute Gasteiger partial charge is 0.135 e. The largest absolute Gasteiger partial charge is 0.490 e. The lowest BCUT2D eigenvalue weighted by atomic mass is 9.68. The Bertz CT molecular complexity index is 4240. The monoisotopic (exact) mass is 1060 g/mol. The van der Waals surface area contributed by atoms with Crippen LogP contribution in [0.25, 0.3) is 110 Å². The second-order valence-electron chi connectivity index (χ2n) is 21.5. The van der Waals surface area contributed by atoms with Crippen LogP contribution in [0.3, 0.4) is 0 Å². The number of rotatable bonds is 15. The van der Waals surface area contributed by atoms with E-state index >= 15 is 0 Å². The van der Waals surface area contributed by atoms with Gasteiger partial charge in [-0.15, -0.1) is 0 Å². The second kappa shape index (κ2) is 22.2. The maximum absolute atomic E-state index is 10.7. The Labute approximate surface area is 479 Å². The first-order valence-electron chi connectivity index (χ1n) is 28.4. The molecule has 13 rings (SSSR count). The molecule has 2 N–H and O–H groups in total. The van der Waals surface area contributed by atoms with Crippen LogP contribution in [0.1, 0.15) is 34.7 Å². The summed E-state index contributed by atoms with van der Waals surface area (Å²) in [6, 6.07) is 94.0. The maximum Gasteiger partial charge on any atom is 0.135 e. The van der Waals surface area contributed by atoms with Crippen LogP contribution in [0.4, 0.5) is 0 Å². The molecule has 0 saturated heterocycles. The number of aliphatic hydroxyl groups excluding tert-OH is 2. The number of benzene rings is 13. The van der Waals surface area contributed by atoms with Gasteiger partial charge in [-0.25, -0.2) is 0 Å². The van der Waals surface area contributed by atoms with Crippen molar-refractivity contribution in [1.82, 2.24) is 0 Å². The van der Waals surface area contributed by atoms with Gasteiger partial charge >= 0.3 is 0 Å². The van der Waals surface area contributed by atoms with E-state index in [0.29, 0.717) is 11.5 Å². The summed E-state index contributed by atoms with van der Waals surface area (Å²) in [5.41, 5.74) is 17.0. The van der Waals surface area contributed by atoms with Crippen molar-refractivity contribution in [2.45, 2.75) is 26.2 Å².